The first-order chi connectivity index (χ1) is 8.43. The largest absolute Gasteiger partial charge is 0.492 e. The van der Waals surface area contributed by atoms with Crippen molar-refractivity contribution < 1.29 is 4.74 Å². The Labute approximate surface area is 103 Å². The molecule has 0 saturated heterocycles. The smallest absolute Gasteiger partial charge is 0.122 e. The topological polar surface area (TPSA) is 21.3 Å². The second-order valence-corrected chi connectivity index (χ2v) is 5.18. The third kappa shape index (κ3) is 2.81. The Balaban J connectivity index is 1.57. The summed E-state index contributed by atoms with van der Waals surface area (Å²) in [5.41, 5.74) is 2.97. The van der Waals surface area contributed by atoms with Crippen molar-refractivity contribution >= 4 is 0 Å². The average Bonchev–Trinajstić information content (AvgIpc) is 3.19. The van der Waals surface area contributed by atoms with Gasteiger partial charge < -0.3 is 10.1 Å². The molecule has 1 aromatic rings. The number of hydrogen-bond acceptors (Lipinski definition) is 2. The third-order valence-electron chi connectivity index (χ3n) is 3.72. The van der Waals surface area contributed by atoms with E-state index in [4.69, 9.17) is 4.74 Å². The van der Waals surface area contributed by atoms with Crippen molar-refractivity contribution in [1.29, 1.82) is 0 Å². The molecule has 2 nitrogen and oxygen atoms in total. The minimum atomic E-state index is 0.781. The first kappa shape index (κ1) is 11.1. The van der Waals surface area contributed by atoms with Crippen molar-refractivity contribution in [2.75, 3.05) is 13.2 Å². The number of nitrogens with one attached hydrogen (secondary N) is 1. The molecule has 1 N–H and O–H groups in total. The van der Waals surface area contributed by atoms with E-state index in [1.807, 2.05) is 0 Å². The van der Waals surface area contributed by atoms with Crippen LogP contribution in [-0.4, -0.2) is 19.2 Å². The molecule has 0 aromatic heterocycles. The van der Waals surface area contributed by atoms with Crippen LogP contribution in [0.3, 0.4) is 0 Å². The van der Waals surface area contributed by atoms with E-state index < -0.39 is 0 Å². The molecule has 1 saturated carbocycles. The van der Waals surface area contributed by atoms with Gasteiger partial charge in [0.25, 0.3) is 0 Å². The van der Waals surface area contributed by atoms with Crippen molar-refractivity contribution in [3.63, 3.8) is 0 Å². The molecule has 0 heterocycles. The van der Waals surface area contributed by atoms with Gasteiger partial charge in [0, 0.05) is 12.6 Å². The predicted octanol–water partition coefficient (Wildman–Crippen LogP) is 2.70. The van der Waals surface area contributed by atoms with Gasteiger partial charge in [-0.25, -0.2) is 0 Å². The normalized spacial score (nSPS) is 18.8. The highest BCUT2D eigenvalue weighted by Crippen LogP contribution is 2.29. The summed E-state index contributed by atoms with van der Waals surface area (Å²) >= 11 is 0. The van der Waals surface area contributed by atoms with E-state index >= 15 is 0 Å². The lowest BCUT2D eigenvalue weighted by Gasteiger charge is -2.19. The first-order valence-corrected chi connectivity index (χ1v) is 6.90. The molecule has 17 heavy (non-hydrogen) atoms. The van der Waals surface area contributed by atoms with Gasteiger partial charge in [0.05, 0.1) is 0 Å². The van der Waals surface area contributed by atoms with Gasteiger partial charge in [-0.3, -0.25) is 0 Å². The lowest BCUT2D eigenvalue weighted by atomic mass is 9.91. The number of aryl methyl sites for hydroxylation is 1. The molecule has 0 amide bonds. The summed E-state index contributed by atoms with van der Waals surface area (Å²) in [5.74, 6) is 1.12. The maximum atomic E-state index is 5.92. The molecule has 0 spiro atoms. The summed E-state index contributed by atoms with van der Waals surface area (Å²) in [6, 6.07) is 7.29. The van der Waals surface area contributed by atoms with Gasteiger partial charge in [0.2, 0.25) is 0 Å². The van der Waals surface area contributed by atoms with Gasteiger partial charge >= 0.3 is 0 Å². The fourth-order valence-corrected chi connectivity index (χ4v) is 2.59. The third-order valence-corrected chi connectivity index (χ3v) is 3.72. The zero-order valence-corrected chi connectivity index (χ0v) is 10.4. The lowest BCUT2D eigenvalue weighted by molar-refractivity contribution is 0.309. The van der Waals surface area contributed by atoms with Crippen molar-refractivity contribution in [3.8, 4) is 5.75 Å². The molecule has 0 radical (unpaired) electrons. The van der Waals surface area contributed by atoms with E-state index in [1.165, 1.54) is 49.7 Å². The quantitative estimate of drug-likeness (QED) is 0.787. The summed E-state index contributed by atoms with van der Waals surface area (Å²) in [7, 11) is 0. The van der Waals surface area contributed by atoms with Crippen molar-refractivity contribution in [3.05, 3.63) is 29.3 Å². The Hall–Kier alpha value is -1.02. The van der Waals surface area contributed by atoms with Crippen LogP contribution in [0.25, 0.3) is 0 Å². The second-order valence-electron chi connectivity index (χ2n) is 5.18. The summed E-state index contributed by atoms with van der Waals surface area (Å²) in [4.78, 5) is 0. The fourth-order valence-electron chi connectivity index (χ4n) is 2.59. The highest BCUT2D eigenvalue weighted by atomic mass is 16.5. The molecule has 1 aromatic carbocycles. The molecular formula is C15H21NO. The van der Waals surface area contributed by atoms with Crippen LogP contribution in [0.2, 0.25) is 0 Å². The van der Waals surface area contributed by atoms with Gasteiger partial charge in [-0.2, -0.15) is 0 Å². The van der Waals surface area contributed by atoms with Crippen molar-refractivity contribution in [1.82, 2.24) is 5.32 Å². The van der Waals surface area contributed by atoms with Crippen LogP contribution >= 0.6 is 0 Å². The Kier molecular flexibility index (Phi) is 3.32. The summed E-state index contributed by atoms with van der Waals surface area (Å²) in [5, 5.41) is 3.48. The minimum absolute atomic E-state index is 0.781. The molecular weight excluding hydrogens is 210 g/mol. The van der Waals surface area contributed by atoms with Gasteiger partial charge in [0.1, 0.15) is 12.4 Å². The van der Waals surface area contributed by atoms with Crippen molar-refractivity contribution in [2.24, 2.45) is 0 Å². The number of ether oxygens (including phenoxy) is 1. The lowest BCUT2D eigenvalue weighted by Crippen LogP contribution is -2.23. The Morgan fingerprint density at radius 3 is 2.94 bits per heavy atom. The molecule has 92 valence electrons. The van der Waals surface area contributed by atoms with E-state index in [1.54, 1.807) is 0 Å². The molecule has 0 unspecified atom stereocenters. The summed E-state index contributed by atoms with van der Waals surface area (Å²) in [6.07, 6.45) is 7.77. The maximum Gasteiger partial charge on any atom is 0.122 e. The summed E-state index contributed by atoms with van der Waals surface area (Å²) in [6.45, 7) is 1.78. The van der Waals surface area contributed by atoms with Crippen LogP contribution in [0.5, 0.6) is 5.75 Å². The van der Waals surface area contributed by atoms with Crippen LogP contribution in [0.1, 0.15) is 36.8 Å². The Bertz CT molecular complexity index is 385. The Morgan fingerprint density at radius 2 is 2.06 bits per heavy atom. The van der Waals surface area contributed by atoms with E-state index in [2.05, 4.69) is 23.5 Å². The molecule has 3 rings (SSSR count). The zero-order valence-electron chi connectivity index (χ0n) is 10.4. The number of benzene rings is 1. The minimum Gasteiger partial charge on any atom is -0.492 e. The second kappa shape index (κ2) is 5.09. The van der Waals surface area contributed by atoms with Crippen LogP contribution in [0.15, 0.2) is 18.2 Å². The fraction of sp³-hybridized carbons (Fsp3) is 0.600. The zero-order chi connectivity index (χ0) is 11.5. The van der Waals surface area contributed by atoms with Gasteiger partial charge in [-0.05, 0) is 55.7 Å². The van der Waals surface area contributed by atoms with Gasteiger partial charge in [0.15, 0.2) is 0 Å². The van der Waals surface area contributed by atoms with Crippen molar-refractivity contribution in [2.45, 2.75) is 44.6 Å². The monoisotopic (exact) mass is 231 g/mol. The molecule has 0 atom stereocenters. The number of hydrogen-bond donors (Lipinski definition) is 1. The predicted molar refractivity (Wildman–Crippen MR) is 69.6 cm³/mol. The average molecular weight is 231 g/mol. The summed E-state index contributed by atoms with van der Waals surface area (Å²) < 4.78 is 5.92. The van der Waals surface area contributed by atoms with Gasteiger partial charge in [-0.1, -0.05) is 12.1 Å². The van der Waals surface area contributed by atoms with E-state index in [9.17, 15) is 0 Å². The Morgan fingerprint density at radius 1 is 1.18 bits per heavy atom. The molecule has 0 bridgehead atoms. The van der Waals surface area contributed by atoms with E-state index in [0.717, 1.165) is 24.9 Å². The van der Waals surface area contributed by atoms with Crippen LogP contribution in [-0.2, 0) is 12.8 Å². The van der Waals surface area contributed by atoms with E-state index in [-0.39, 0.29) is 0 Å². The SMILES string of the molecule is c1cc2c(c(OCCNC3CC3)c1)CCCC2. The molecule has 2 aliphatic carbocycles. The van der Waals surface area contributed by atoms with E-state index in [0.29, 0.717) is 0 Å². The maximum absolute atomic E-state index is 5.92. The first-order valence-electron chi connectivity index (χ1n) is 6.90. The van der Waals surface area contributed by atoms with Crippen LogP contribution in [0, 0.1) is 0 Å². The highest BCUT2D eigenvalue weighted by molar-refractivity contribution is 5.41. The standard InChI is InChI=1S/C15H21NO/c1-2-6-14-12(4-1)5-3-7-15(14)17-11-10-16-13-8-9-13/h3,5,7,13,16H,1-2,4,6,8-11H2. The molecule has 0 aliphatic heterocycles. The van der Waals surface area contributed by atoms with Crippen LogP contribution in [0.4, 0.5) is 0 Å². The van der Waals surface area contributed by atoms with Crippen LogP contribution < -0.4 is 10.1 Å². The number of rotatable bonds is 5. The highest BCUT2D eigenvalue weighted by Gasteiger charge is 2.19. The molecule has 2 heteroatoms. The molecule has 1 fully saturated rings. The number of fused-ring (bicyclic) bond motifs is 1. The molecule has 2 aliphatic rings. The van der Waals surface area contributed by atoms with Gasteiger partial charge in [-0.15, -0.1) is 0 Å².